The van der Waals surface area contributed by atoms with Crippen LogP contribution < -0.4 is 5.56 Å². The number of benzene rings is 1. The zero-order valence-corrected chi connectivity index (χ0v) is 11.1. The molecule has 6 heteroatoms. The number of rotatable bonds is 4. The Bertz CT molecular complexity index is 673. The molecule has 2 N–H and O–H groups in total. The van der Waals surface area contributed by atoms with E-state index in [1.807, 2.05) is 6.92 Å². The zero-order chi connectivity index (χ0) is 14.0. The molecule has 0 saturated carbocycles. The van der Waals surface area contributed by atoms with Crippen LogP contribution in [0.2, 0.25) is 5.02 Å². The Labute approximate surface area is 114 Å². The number of aryl methyl sites for hydroxylation is 1. The maximum absolute atomic E-state index is 12.2. The summed E-state index contributed by atoms with van der Waals surface area (Å²) in [6, 6.07) is 6.81. The Morgan fingerprint density at radius 1 is 1.47 bits per heavy atom. The van der Waals surface area contributed by atoms with Crippen LogP contribution in [0.3, 0.4) is 0 Å². The highest BCUT2D eigenvalue weighted by Crippen LogP contribution is 2.14. The van der Waals surface area contributed by atoms with E-state index in [2.05, 4.69) is 5.10 Å². The van der Waals surface area contributed by atoms with E-state index in [9.17, 15) is 9.59 Å². The molecule has 19 heavy (non-hydrogen) atoms. The molecule has 1 heterocycles. The van der Waals surface area contributed by atoms with E-state index in [4.69, 9.17) is 16.7 Å². The van der Waals surface area contributed by atoms with Gasteiger partial charge < -0.3 is 5.11 Å². The molecular formula is C13H13ClN2O3. The first-order valence-electron chi connectivity index (χ1n) is 5.83. The molecule has 1 aromatic carbocycles. The summed E-state index contributed by atoms with van der Waals surface area (Å²) in [5.41, 5.74) is 1.16. The van der Waals surface area contributed by atoms with Crippen LogP contribution in [0.1, 0.15) is 18.2 Å². The number of aromatic amines is 1. The van der Waals surface area contributed by atoms with E-state index in [0.717, 1.165) is 0 Å². The lowest BCUT2D eigenvalue weighted by molar-refractivity contribution is -0.136. The van der Waals surface area contributed by atoms with Crippen LogP contribution in [-0.4, -0.2) is 20.9 Å². The number of hydrogen-bond donors (Lipinski definition) is 2. The highest BCUT2D eigenvalue weighted by Gasteiger charge is 2.16. The molecule has 5 nitrogen and oxygen atoms in total. The Kier molecular flexibility index (Phi) is 3.76. The molecule has 0 radical (unpaired) electrons. The Morgan fingerprint density at radius 2 is 2.21 bits per heavy atom. The van der Waals surface area contributed by atoms with Crippen LogP contribution in [0.15, 0.2) is 29.1 Å². The van der Waals surface area contributed by atoms with Gasteiger partial charge in [0, 0.05) is 10.7 Å². The minimum atomic E-state index is -1.02. The molecule has 0 aliphatic carbocycles. The monoisotopic (exact) mass is 280 g/mol. The van der Waals surface area contributed by atoms with Gasteiger partial charge in [-0.25, -0.2) is 4.68 Å². The highest BCUT2D eigenvalue weighted by molar-refractivity contribution is 6.30. The lowest BCUT2D eigenvalue weighted by atomic mass is 10.1. The first-order valence-corrected chi connectivity index (χ1v) is 6.21. The fourth-order valence-corrected chi connectivity index (χ4v) is 2.12. The van der Waals surface area contributed by atoms with Crippen LogP contribution in [0.5, 0.6) is 0 Å². The summed E-state index contributed by atoms with van der Waals surface area (Å²) in [6.45, 7) is 1.86. The molecule has 0 saturated heterocycles. The van der Waals surface area contributed by atoms with Gasteiger partial charge in [0.25, 0.3) is 5.56 Å². The van der Waals surface area contributed by atoms with Crippen molar-refractivity contribution in [1.29, 1.82) is 0 Å². The molecule has 0 atom stereocenters. The number of carboxylic acids is 1. The number of carbonyl (C=O) groups is 1. The van der Waals surface area contributed by atoms with Gasteiger partial charge in [-0.2, -0.15) is 0 Å². The summed E-state index contributed by atoms with van der Waals surface area (Å²) >= 11 is 5.89. The smallest absolute Gasteiger partial charge is 0.308 e. The third-order valence-electron chi connectivity index (χ3n) is 2.82. The topological polar surface area (TPSA) is 75.1 Å². The standard InChI is InChI=1S/C13H13ClN2O3/c1-2-11-10(7-12(17)18)13(19)16(15-11)9-5-3-4-8(14)6-9/h3-6,15H,2,7H2,1H3,(H,17,18). The maximum Gasteiger partial charge on any atom is 0.308 e. The van der Waals surface area contributed by atoms with Gasteiger partial charge >= 0.3 is 5.97 Å². The summed E-state index contributed by atoms with van der Waals surface area (Å²) in [5, 5.41) is 12.3. The van der Waals surface area contributed by atoms with E-state index < -0.39 is 5.97 Å². The average molecular weight is 281 g/mol. The second kappa shape index (κ2) is 5.32. The lowest BCUT2D eigenvalue weighted by Gasteiger charge is -2.01. The Hall–Kier alpha value is -2.01. The highest BCUT2D eigenvalue weighted by atomic mass is 35.5. The van der Waals surface area contributed by atoms with Crippen LogP contribution in [0, 0.1) is 0 Å². The van der Waals surface area contributed by atoms with Gasteiger partial charge in [-0.1, -0.05) is 24.6 Å². The van der Waals surface area contributed by atoms with E-state index in [1.54, 1.807) is 24.3 Å². The largest absolute Gasteiger partial charge is 0.481 e. The predicted molar refractivity (Wildman–Crippen MR) is 72.1 cm³/mol. The van der Waals surface area contributed by atoms with Crippen molar-refractivity contribution in [2.45, 2.75) is 19.8 Å². The zero-order valence-electron chi connectivity index (χ0n) is 10.3. The van der Waals surface area contributed by atoms with Crippen molar-refractivity contribution in [2.24, 2.45) is 0 Å². The number of hydrogen-bond acceptors (Lipinski definition) is 2. The Balaban J connectivity index is 2.57. The molecule has 0 amide bonds. The molecule has 0 aliphatic heterocycles. The van der Waals surface area contributed by atoms with Crippen LogP contribution in [0.4, 0.5) is 0 Å². The van der Waals surface area contributed by atoms with Crippen LogP contribution in [-0.2, 0) is 17.6 Å². The molecule has 0 fully saturated rings. The van der Waals surface area contributed by atoms with E-state index >= 15 is 0 Å². The second-order valence-corrected chi connectivity index (χ2v) is 4.55. The maximum atomic E-state index is 12.2. The van der Waals surface area contributed by atoms with Gasteiger partial charge in [-0.3, -0.25) is 14.7 Å². The number of H-pyrrole nitrogens is 1. The fraction of sp³-hybridized carbons (Fsp3) is 0.231. The fourth-order valence-electron chi connectivity index (χ4n) is 1.94. The molecule has 0 aliphatic rings. The third-order valence-corrected chi connectivity index (χ3v) is 3.06. The van der Waals surface area contributed by atoms with Gasteiger partial charge in [0.05, 0.1) is 17.7 Å². The van der Waals surface area contributed by atoms with E-state index in [-0.39, 0.29) is 17.5 Å². The summed E-state index contributed by atoms with van der Waals surface area (Å²) in [7, 11) is 0. The second-order valence-electron chi connectivity index (χ2n) is 4.11. The summed E-state index contributed by atoms with van der Waals surface area (Å²) in [6.07, 6.45) is 0.275. The number of halogens is 1. The third kappa shape index (κ3) is 2.71. The molecule has 100 valence electrons. The van der Waals surface area contributed by atoms with Gasteiger partial charge in [0.1, 0.15) is 0 Å². The van der Waals surface area contributed by atoms with Crippen molar-refractivity contribution in [1.82, 2.24) is 9.78 Å². The molecule has 1 aromatic heterocycles. The van der Waals surface area contributed by atoms with Gasteiger partial charge in [-0.15, -0.1) is 0 Å². The summed E-state index contributed by atoms with van der Waals surface area (Å²) in [5.74, 6) is -1.02. The number of aromatic nitrogens is 2. The van der Waals surface area contributed by atoms with E-state index in [0.29, 0.717) is 22.8 Å². The SMILES string of the molecule is CCc1[nH]n(-c2cccc(Cl)c2)c(=O)c1CC(=O)O. The minimum absolute atomic E-state index is 0.286. The van der Waals surface area contributed by atoms with Crippen LogP contribution in [0.25, 0.3) is 5.69 Å². The lowest BCUT2D eigenvalue weighted by Crippen LogP contribution is -2.19. The average Bonchev–Trinajstić information content (AvgIpc) is 2.66. The first-order chi connectivity index (χ1) is 9.02. The van der Waals surface area contributed by atoms with Crippen molar-refractivity contribution < 1.29 is 9.90 Å². The first kappa shape index (κ1) is 13.4. The van der Waals surface area contributed by atoms with Gasteiger partial charge in [0.15, 0.2) is 0 Å². The van der Waals surface area contributed by atoms with Crippen molar-refractivity contribution in [2.75, 3.05) is 0 Å². The quantitative estimate of drug-likeness (QED) is 0.899. The summed E-state index contributed by atoms with van der Waals surface area (Å²) < 4.78 is 1.32. The predicted octanol–water partition coefficient (Wildman–Crippen LogP) is 2.01. The molecular weight excluding hydrogens is 268 g/mol. The Morgan fingerprint density at radius 3 is 2.79 bits per heavy atom. The molecule has 0 unspecified atom stereocenters. The molecule has 2 rings (SSSR count). The number of nitrogens with one attached hydrogen (secondary N) is 1. The normalized spacial score (nSPS) is 10.6. The van der Waals surface area contributed by atoms with Crippen molar-refractivity contribution in [3.8, 4) is 5.69 Å². The van der Waals surface area contributed by atoms with Crippen LogP contribution >= 0.6 is 11.6 Å². The van der Waals surface area contributed by atoms with Crippen molar-refractivity contribution in [3.63, 3.8) is 0 Å². The van der Waals surface area contributed by atoms with Crippen molar-refractivity contribution in [3.05, 3.63) is 50.9 Å². The van der Waals surface area contributed by atoms with Gasteiger partial charge in [-0.05, 0) is 24.6 Å². The molecule has 0 bridgehead atoms. The minimum Gasteiger partial charge on any atom is -0.481 e. The van der Waals surface area contributed by atoms with E-state index in [1.165, 1.54) is 4.68 Å². The number of aliphatic carboxylic acids is 1. The molecule has 0 spiro atoms. The van der Waals surface area contributed by atoms with Crippen molar-refractivity contribution >= 4 is 17.6 Å². The van der Waals surface area contributed by atoms with Gasteiger partial charge in [0.2, 0.25) is 0 Å². The number of carboxylic acid groups (broad SMARTS) is 1. The summed E-state index contributed by atoms with van der Waals surface area (Å²) in [4.78, 5) is 23.0. The number of nitrogens with zero attached hydrogens (tertiary/aromatic N) is 1. The molecule has 2 aromatic rings.